The van der Waals surface area contributed by atoms with Crippen LogP contribution in [0.5, 0.6) is 0 Å². The smallest absolute Gasteiger partial charge is 0.247 e. The monoisotopic (exact) mass is 240 g/mol. The van der Waals surface area contributed by atoms with E-state index >= 15 is 0 Å². The number of hydrogen-bond acceptors (Lipinski definition) is 3. The Hall–Kier alpha value is -0.900. The second-order valence-corrected chi connectivity index (χ2v) is 5.44. The average molecular weight is 240 g/mol. The molecule has 1 heterocycles. The van der Waals surface area contributed by atoms with Crippen LogP contribution in [0.4, 0.5) is 0 Å². The molecule has 1 unspecified atom stereocenters. The van der Waals surface area contributed by atoms with Crippen LogP contribution in [0.15, 0.2) is 0 Å². The van der Waals surface area contributed by atoms with Crippen molar-refractivity contribution in [2.45, 2.75) is 59.0 Å². The van der Waals surface area contributed by atoms with Crippen LogP contribution in [0, 0.1) is 5.92 Å². The van der Waals surface area contributed by atoms with Crippen molar-refractivity contribution in [3.8, 4) is 0 Å². The molecule has 0 aromatic heterocycles. The fraction of sp³-hybridized carbons (Fsp3) is 0.846. The van der Waals surface area contributed by atoms with Gasteiger partial charge in [0.1, 0.15) is 0 Å². The number of nitrogens with zero attached hydrogens (tertiary/aromatic N) is 1. The molecule has 1 aliphatic rings. The molecule has 0 spiro atoms. The number of likely N-dealkylation sites (tertiary alicyclic amines) is 1. The maximum atomic E-state index is 11.9. The van der Waals surface area contributed by atoms with E-state index in [0.29, 0.717) is 12.3 Å². The minimum atomic E-state index is -0.294. The van der Waals surface area contributed by atoms with Crippen molar-refractivity contribution in [3.63, 3.8) is 0 Å². The molecule has 17 heavy (non-hydrogen) atoms. The van der Waals surface area contributed by atoms with Crippen LogP contribution in [0.25, 0.3) is 0 Å². The van der Waals surface area contributed by atoms with Gasteiger partial charge in [0.15, 0.2) is 0 Å². The van der Waals surface area contributed by atoms with Crippen molar-refractivity contribution in [1.29, 1.82) is 0 Å². The molecule has 1 rings (SSSR count). The van der Waals surface area contributed by atoms with E-state index < -0.39 is 0 Å². The summed E-state index contributed by atoms with van der Waals surface area (Å²) in [5.41, 5.74) is 0. The fourth-order valence-electron chi connectivity index (χ4n) is 2.14. The lowest BCUT2D eigenvalue weighted by Gasteiger charge is -2.19. The molecule has 98 valence electrons. The Morgan fingerprint density at radius 2 is 1.94 bits per heavy atom. The highest BCUT2D eigenvalue weighted by Crippen LogP contribution is 2.16. The number of imide groups is 1. The Bertz CT molecular complexity index is 287. The van der Waals surface area contributed by atoms with E-state index in [1.807, 2.05) is 13.8 Å². The Labute approximate surface area is 104 Å². The number of rotatable bonds is 6. The van der Waals surface area contributed by atoms with Gasteiger partial charge >= 0.3 is 0 Å². The van der Waals surface area contributed by atoms with Gasteiger partial charge in [-0.25, -0.2) is 0 Å². The van der Waals surface area contributed by atoms with Crippen molar-refractivity contribution in [1.82, 2.24) is 10.2 Å². The molecule has 0 saturated carbocycles. The molecule has 1 fully saturated rings. The van der Waals surface area contributed by atoms with Crippen molar-refractivity contribution in [3.05, 3.63) is 0 Å². The molecule has 0 aliphatic carbocycles. The number of nitrogens with one attached hydrogen (secondary N) is 1. The molecule has 1 atom stereocenters. The lowest BCUT2D eigenvalue weighted by atomic mass is 10.1. The first-order chi connectivity index (χ1) is 7.93. The van der Waals surface area contributed by atoms with Gasteiger partial charge < -0.3 is 5.32 Å². The highest BCUT2D eigenvalue weighted by molar-refractivity contribution is 6.05. The summed E-state index contributed by atoms with van der Waals surface area (Å²) in [5.74, 6) is 0.575. The van der Waals surface area contributed by atoms with Crippen molar-refractivity contribution >= 4 is 11.8 Å². The summed E-state index contributed by atoms with van der Waals surface area (Å²) in [6, 6.07) is -0.325. The third kappa shape index (κ3) is 3.80. The van der Waals surface area contributed by atoms with Gasteiger partial charge in [0, 0.05) is 6.04 Å². The fourth-order valence-corrected chi connectivity index (χ4v) is 2.14. The summed E-state index contributed by atoms with van der Waals surface area (Å²) in [6.45, 7) is 8.93. The number of carbonyl (C=O) groups excluding carboxylic acids is 2. The highest BCUT2D eigenvalue weighted by atomic mass is 16.2. The van der Waals surface area contributed by atoms with Gasteiger partial charge in [0.05, 0.1) is 12.5 Å². The summed E-state index contributed by atoms with van der Waals surface area (Å²) in [6.07, 6.45) is 2.52. The topological polar surface area (TPSA) is 49.4 Å². The molecule has 0 bridgehead atoms. The van der Waals surface area contributed by atoms with E-state index in [-0.39, 0.29) is 23.9 Å². The van der Waals surface area contributed by atoms with Gasteiger partial charge in [-0.05, 0) is 39.2 Å². The number of hydrogen-bond donors (Lipinski definition) is 1. The van der Waals surface area contributed by atoms with E-state index in [1.165, 1.54) is 4.90 Å². The van der Waals surface area contributed by atoms with Gasteiger partial charge in [-0.2, -0.15) is 0 Å². The van der Waals surface area contributed by atoms with Crippen LogP contribution in [0.2, 0.25) is 0 Å². The first kappa shape index (κ1) is 14.2. The zero-order chi connectivity index (χ0) is 13.0. The second-order valence-electron chi connectivity index (χ2n) is 5.44. The van der Waals surface area contributed by atoms with Crippen molar-refractivity contribution in [2.75, 3.05) is 6.54 Å². The van der Waals surface area contributed by atoms with Gasteiger partial charge in [0.25, 0.3) is 0 Å². The summed E-state index contributed by atoms with van der Waals surface area (Å²) in [5, 5.41) is 3.19. The van der Waals surface area contributed by atoms with Crippen LogP contribution >= 0.6 is 0 Å². The van der Waals surface area contributed by atoms with Gasteiger partial charge in [-0.15, -0.1) is 0 Å². The average Bonchev–Trinajstić information content (AvgIpc) is 2.48. The first-order valence-electron chi connectivity index (χ1n) is 6.52. The molecule has 1 aliphatic heterocycles. The molecule has 4 nitrogen and oxygen atoms in total. The number of carbonyl (C=O) groups is 2. The zero-order valence-corrected chi connectivity index (χ0v) is 11.3. The van der Waals surface area contributed by atoms with Crippen LogP contribution in [-0.4, -0.2) is 35.3 Å². The van der Waals surface area contributed by atoms with E-state index in [9.17, 15) is 9.59 Å². The Balaban J connectivity index is 2.36. The van der Waals surface area contributed by atoms with Crippen LogP contribution in [0.3, 0.4) is 0 Å². The molecule has 1 N–H and O–H groups in total. The lowest BCUT2D eigenvalue weighted by molar-refractivity contribution is -0.140. The maximum Gasteiger partial charge on any atom is 0.247 e. The second kappa shape index (κ2) is 6.15. The van der Waals surface area contributed by atoms with Crippen molar-refractivity contribution < 1.29 is 9.59 Å². The third-order valence-electron chi connectivity index (χ3n) is 3.05. The minimum Gasteiger partial charge on any atom is -0.305 e. The normalized spacial score (nSPS) is 21.1. The van der Waals surface area contributed by atoms with E-state index in [1.54, 1.807) is 0 Å². The molecular formula is C13H24N2O2. The Morgan fingerprint density at radius 1 is 1.29 bits per heavy atom. The van der Waals surface area contributed by atoms with Crippen LogP contribution in [0.1, 0.15) is 47.0 Å². The van der Waals surface area contributed by atoms with Gasteiger partial charge in [0.2, 0.25) is 11.8 Å². The highest BCUT2D eigenvalue weighted by Gasteiger charge is 2.39. The molecular weight excluding hydrogens is 216 g/mol. The van der Waals surface area contributed by atoms with Crippen molar-refractivity contribution in [2.24, 2.45) is 5.92 Å². The molecule has 1 saturated heterocycles. The Kier molecular flexibility index (Phi) is 5.12. The minimum absolute atomic E-state index is 0.0301. The summed E-state index contributed by atoms with van der Waals surface area (Å²) < 4.78 is 0. The lowest BCUT2D eigenvalue weighted by Crippen LogP contribution is -2.42. The van der Waals surface area contributed by atoms with E-state index in [0.717, 1.165) is 19.4 Å². The molecule has 4 heteroatoms. The molecule has 0 aromatic rings. The summed E-state index contributed by atoms with van der Waals surface area (Å²) >= 11 is 0. The van der Waals surface area contributed by atoms with Crippen LogP contribution in [-0.2, 0) is 9.59 Å². The predicted molar refractivity (Wildman–Crippen MR) is 67.5 cm³/mol. The molecule has 0 aromatic carbocycles. The standard InChI is InChI=1S/C13H24N2O2/c1-9(2)6-5-7-14-11-8-12(16)15(10(3)4)13(11)17/h9-11,14H,5-8H2,1-4H3. The Morgan fingerprint density at radius 3 is 2.41 bits per heavy atom. The molecule has 2 amide bonds. The van der Waals surface area contributed by atoms with Gasteiger partial charge in [-0.1, -0.05) is 13.8 Å². The van der Waals surface area contributed by atoms with Crippen LogP contribution < -0.4 is 5.32 Å². The summed E-state index contributed by atoms with van der Waals surface area (Å²) in [4.78, 5) is 24.9. The third-order valence-corrected chi connectivity index (χ3v) is 3.05. The largest absolute Gasteiger partial charge is 0.305 e. The quantitative estimate of drug-likeness (QED) is 0.566. The maximum absolute atomic E-state index is 11.9. The number of amides is 2. The zero-order valence-electron chi connectivity index (χ0n) is 11.3. The van der Waals surface area contributed by atoms with Gasteiger partial charge in [-0.3, -0.25) is 14.5 Å². The first-order valence-corrected chi connectivity index (χ1v) is 6.52. The SMILES string of the molecule is CC(C)CCCNC1CC(=O)N(C(C)C)C1=O. The summed E-state index contributed by atoms with van der Waals surface area (Å²) in [7, 11) is 0. The van der Waals surface area contributed by atoms with E-state index in [2.05, 4.69) is 19.2 Å². The predicted octanol–water partition coefficient (Wildman–Crippen LogP) is 1.55. The van der Waals surface area contributed by atoms with E-state index in [4.69, 9.17) is 0 Å². The molecule has 0 radical (unpaired) electrons.